The van der Waals surface area contributed by atoms with Crippen LogP contribution in [0.5, 0.6) is 11.5 Å². The van der Waals surface area contributed by atoms with Gasteiger partial charge < -0.3 is 21.7 Å². The summed E-state index contributed by atoms with van der Waals surface area (Å²) in [5.41, 5.74) is 13.4. The van der Waals surface area contributed by atoms with E-state index < -0.39 is 0 Å². The number of phenolic OH excluding ortho intramolecular Hbond substituents is 2. The van der Waals surface area contributed by atoms with E-state index in [0.717, 1.165) is 11.1 Å². The fourth-order valence-electron chi connectivity index (χ4n) is 1.32. The molecule has 102 valence electrons. The number of hydrogen-bond acceptors (Lipinski definition) is 4. The van der Waals surface area contributed by atoms with Crippen molar-refractivity contribution in [2.75, 3.05) is 11.5 Å². The van der Waals surface area contributed by atoms with Crippen molar-refractivity contribution in [3.05, 3.63) is 46.5 Å². The largest absolute Gasteiger partial charge is 0.508 e. The molecule has 2 rings (SSSR count). The molecule has 2 aromatic rings. The van der Waals surface area contributed by atoms with Crippen molar-refractivity contribution in [1.82, 2.24) is 0 Å². The van der Waals surface area contributed by atoms with Gasteiger partial charge in [-0.2, -0.15) is 0 Å². The molecule has 0 aliphatic rings. The molecule has 0 saturated heterocycles. The Morgan fingerprint density at radius 2 is 1.58 bits per heavy atom. The molecule has 0 heterocycles. The van der Waals surface area contributed by atoms with Crippen molar-refractivity contribution in [2.45, 2.75) is 13.8 Å². The molecule has 5 heteroatoms. The Morgan fingerprint density at radius 3 is 2.05 bits per heavy atom. The number of benzene rings is 2. The summed E-state index contributed by atoms with van der Waals surface area (Å²) in [5.74, 6) is 0.330. The third kappa shape index (κ3) is 3.69. The lowest BCUT2D eigenvalue weighted by atomic mass is 10.2. The molecule has 2 aromatic carbocycles. The monoisotopic (exact) mass is 280 g/mol. The average Bonchev–Trinajstić information content (AvgIpc) is 2.39. The Hall–Kier alpha value is -2.07. The SMILES string of the molecule is Cc1c(N)cccc1O.Cc1ccc(N)c(Cl)c1O. The van der Waals surface area contributed by atoms with Crippen molar-refractivity contribution in [2.24, 2.45) is 0 Å². The van der Waals surface area contributed by atoms with Gasteiger partial charge in [-0.05, 0) is 37.6 Å². The van der Waals surface area contributed by atoms with E-state index in [1.165, 1.54) is 0 Å². The maximum atomic E-state index is 9.18. The minimum Gasteiger partial charge on any atom is -0.508 e. The fourth-order valence-corrected chi connectivity index (χ4v) is 1.53. The van der Waals surface area contributed by atoms with E-state index in [2.05, 4.69) is 0 Å². The normalized spacial score (nSPS) is 9.63. The second-order valence-electron chi connectivity index (χ2n) is 4.13. The Labute approximate surface area is 117 Å². The van der Waals surface area contributed by atoms with E-state index in [1.54, 1.807) is 44.2 Å². The summed E-state index contributed by atoms with van der Waals surface area (Å²) in [6.45, 7) is 3.55. The van der Waals surface area contributed by atoms with Gasteiger partial charge in [-0.3, -0.25) is 0 Å². The Bertz CT molecular complexity index is 539. The Kier molecular flexibility index (Phi) is 4.89. The summed E-state index contributed by atoms with van der Waals surface area (Å²) in [6, 6.07) is 8.48. The first-order valence-electron chi connectivity index (χ1n) is 5.62. The zero-order chi connectivity index (χ0) is 14.6. The number of aromatic hydroxyl groups is 2. The molecular weight excluding hydrogens is 264 g/mol. The summed E-state index contributed by atoms with van der Waals surface area (Å²) in [6.07, 6.45) is 0. The highest BCUT2D eigenvalue weighted by Crippen LogP contribution is 2.31. The van der Waals surface area contributed by atoms with Crippen molar-refractivity contribution >= 4 is 23.0 Å². The lowest BCUT2D eigenvalue weighted by Gasteiger charge is -2.02. The number of nitrogens with two attached hydrogens (primary N) is 2. The first-order chi connectivity index (χ1) is 8.84. The van der Waals surface area contributed by atoms with Crippen LogP contribution >= 0.6 is 11.6 Å². The van der Waals surface area contributed by atoms with Crippen LogP contribution < -0.4 is 11.5 Å². The molecule has 0 aliphatic heterocycles. The molecule has 0 unspecified atom stereocenters. The van der Waals surface area contributed by atoms with E-state index in [-0.39, 0.29) is 16.5 Å². The minimum atomic E-state index is 0.0710. The maximum absolute atomic E-state index is 9.18. The first kappa shape index (κ1) is 15.0. The minimum absolute atomic E-state index is 0.0710. The number of halogens is 1. The van der Waals surface area contributed by atoms with Crippen LogP contribution in [-0.4, -0.2) is 10.2 Å². The van der Waals surface area contributed by atoms with E-state index >= 15 is 0 Å². The van der Waals surface area contributed by atoms with Crippen LogP contribution in [0.1, 0.15) is 11.1 Å². The average molecular weight is 281 g/mol. The zero-order valence-electron chi connectivity index (χ0n) is 10.8. The maximum Gasteiger partial charge on any atom is 0.139 e. The summed E-state index contributed by atoms with van der Waals surface area (Å²) in [4.78, 5) is 0. The van der Waals surface area contributed by atoms with Gasteiger partial charge in [0.15, 0.2) is 0 Å². The molecule has 0 spiro atoms. The molecule has 19 heavy (non-hydrogen) atoms. The standard InChI is InChI=1S/C7H8ClNO.C7H9NO/c1-4-2-3-5(9)6(8)7(4)10;1-5-6(8)3-2-4-7(5)9/h2-3,10H,9H2,1H3;2-4,9H,8H2,1H3. The van der Waals surface area contributed by atoms with Crippen LogP contribution in [0, 0.1) is 13.8 Å². The highest BCUT2D eigenvalue weighted by molar-refractivity contribution is 6.34. The van der Waals surface area contributed by atoms with Crippen molar-refractivity contribution in [3.8, 4) is 11.5 Å². The van der Waals surface area contributed by atoms with Gasteiger partial charge in [0.05, 0.1) is 5.69 Å². The fraction of sp³-hybridized carbons (Fsp3) is 0.143. The van der Waals surface area contributed by atoms with Crippen molar-refractivity contribution in [3.63, 3.8) is 0 Å². The van der Waals surface area contributed by atoms with E-state index in [9.17, 15) is 5.11 Å². The van der Waals surface area contributed by atoms with Gasteiger partial charge in [-0.1, -0.05) is 23.7 Å². The predicted molar refractivity (Wildman–Crippen MR) is 79.5 cm³/mol. The van der Waals surface area contributed by atoms with Gasteiger partial charge in [0.2, 0.25) is 0 Å². The van der Waals surface area contributed by atoms with Crippen LogP contribution in [0.2, 0.25) is 5.02 Å². The number of rotatable bonds is 0. The van der Waals surface area contributed by atoms with Crippen LogP contribution in [0.25, 0.3) is 0 Å². The highest BCUT2D eigenvalue weighted by Gasteiger charge is 2.03. The zero-order valence-corrected chi connectivity index (χ0v) is 11.6. The van der Waals surface area contributed by atoms with E-state index in [4.69, 9.17) is 28.2 Å². The molecule has 0 radical (unpaired) electrons. The van der Waals surface area contributed by atoms with Gasteiger partial charge in [0.25, 0.3) is 0 Å². The molecular formula is C14H17ClN2O2. The van der Waals surface area contributed by atoms with Gasteiger partial charge in [-0.15, -0.1) is 0 Å². The quantitative estimate of drug-likeness (QED) is 0.558. The van der Waals surface area contributed by atoms with Crippen LogP contribution in [0.3, 0.4) is 0 Å². The molecule has 0 aliphatic carbocycles. The van der Waals surface area contributed by atoms with E-state index in [0.29, 0.717) is 11.4 Å². The van der Waals surface area contributed by atoms with E-state index in [1.807, 2.05) is 0 Å². The smallest absolute Gasteiger partial charge is 0.139 e. The molecule has 0 saturated carbocycles. The topological polar surface area (TPSA) is 92.5 Å². The molecule has 6 N–H and O–H groups in total. The summed E-state index contributed by atoms with van der Waals surface area (Å²) < 4.78 is 0. The predicted octanol–water partition coefficient (Wildman–Crippen LogP) is 3.22. The lowest BCUT2D eigenvalue weighted by molar-refractivity contribution is 0.471. The second kappa shape index (κ2) is 6.20. The number of phenols is 2. The first-order valence-corrected chi connectivity index (χ1v) is 6.00. The lowest BCUT2D eigenvalue weighted by Crippen LogP contribution is -1.87. The van der Waals surface area contributed by atoms with Crippen LogP contribution in [0.15, 0.2) is 30.3 Å². The summed E-state index contributed by atoms with van der Waals surface area (Å²) >= 11 is 5.61. The van der Waals surface area contributed by atoms with Crippen LogP contribution in [-0.2, 0) is 0 Å². The molecule has 0 aromatic heterocycles. The summed E-state index contributed by atoms with van der Waals surface area (Å²) in [7, 11) is 0. The Balaban J connectivity index is 0.000000191. The van der Waals surface area contributed by atoms with Gasteiger partial charge in [0.1, 0.15) is 16.5 Å². The number of aryl methyl sites for hydroxylation is 1. The third-order valence-electron chi connectivity index (χ3n) is 2.69. The Morgan fingerprint density at radius 1 is 0.947 bits per heavy atom. The van der Waals surface area contributed by atoms with Gasteiger partial charge in [-0.25, -0.2) is 0 Å². The highest BCUT2D eigenvalue weighted by atomic mass is 35.5. The molecule has 0 atom stereocenters. The van der Waals surface area contributed by atoms with Crippen molar-refractivity contribution < 1.29 is 10.2 Å². The molecule has 0 fully saturated rings. The second-order valence-corrected chi connectivity index (χ2v) is 4.50. The summed E-state index contributed by atoms with van der Waals surface area (Å²) in [5, 5.41) is 18.4. The number of anilines is 2. The number of nitrogen functional groups attached to an aromatic ring is 2. The molecule has 0 amide bonds. The molecule has 4 nitrogen and oxygen atoms in total. The third-order valence-corrected chi connectivity index (χ3v) is 3.09. The van der Waals surface area contributed by atoms with Gasteiger partial charge >= 0.3 is 0 Å². The molecule has 0 bridgehead atoms. The van der Waals surface area contributed by atoms with Crippen LogP contribution in [0.4, 0.5) is 11.4 Å². The number of hydrogen-bond donors (Lipinski definition) is 4. The van der Waals surface area contributed by atoms with Gasteiger partial charge in [0, 0.05) is 11.3 Å². The van der Waals surface area contributed by atoms with Crippen molar-refractivity contribution in [1.29, 1.82) is 0 Å².